The Bertz CT molecular complexity index is 996. The first-order valence-electron chi connectivity index (χ1n) is 11.6. The molecule has 34 heavy (non-hydrogen) atoms. The lowest BCUT2D eigenvalue weighted by Crippen LogP contribution is -2.32. The minimum atomic E-state index is -0.643. The van der Waals surface area contributed by atoms with E-state index in [1.54, 1.807) is 6.92 Å². The molecule has 11 nitrogen and oxygen atoms in total. The van der Waals surface area contributed by atoms with Gasteiger partial charge in [0, 0.05) is 13.1 Å². The van der Waals surface area contributed by atoms with Gasteiger partial charge in [0.15, 0.2) is 0 Å². The molecule has 3 rings (SSSR count). The van der Waals surface area contributed by atoms with Crippen molar-refractivity contribution in [2.45, 2.75) is 46.2 Å². The van der Waals surface area contributed by atoms with E-state index in [-0.39, 0.29) is 37.3 Å². The largest absolute Gasteiger partial charge is 0.465 e. The van der Waals surface area contributed by atoms with Gasteiger partial charge in [0.2, 0.25) is 11.6 Å². The fourth-order valence-corrected chi connectivity index (χ4v) is 3.91. The Morgan fingerprint density at radius 1 is 1.24 bits per heavy atom. The maximum absolute atomic E-state index is 12.4. The van der Waals surface area contributed by atoms with Gasteiger partial charge in [0.25, 0.3) is 0 Å². The topological polar surface area (TPSA) is 137 Å². The molecule has 1 aliphatic heterocycles. The SMILES string of the molecule is CCCOc1nc(N)c([N+](=O)[O-])c(N(CC(=O)OCC)Cc2cccc(CN3CCCC3)c2)n1. The summed E-state index contributed by atoms with van der Waals surface area (Å²) in [5, 5.41) is 11.8. The summed E-state index contributed by atoms with van der Waals surface area (Å²) in [4.78, 5) is 35.7. The maximum Gasteiger partial charge on any atom is 0.353 e. The Labute approximate surface area is 199 Å². The van der Waals surface area contributed by atoms with Crippen LogP contribution in [0.5, 0.6) is 6.01 Å². The van der Waals surface area contributed by atoms with Crippen LogP contribution in [0.1, 0.15) is 44.2 Å². The van der Waals surface area contributed by atoms with Crippen LogP contribution in [0.2, 0.25) is 0 Å². The molecule has 2 aromatic rings. The number of carbonyl (C=O) groups excluding carboxylic acids is 1. The summed E-state index contributed by atoms with van der Waals surface area (Å²) in [6.07, 6.45) is 3.11. The third-order valence-corrected chi connectivity index (χ3v) is 5.38. The van der Waals surface area contributed by atoms with E-state index in [4.69, 9.17) is 15.2 Å². The van der Waals surface area contributed by atoms with Crippen molar-refractivity contribution < 1.29 is 19.2 Å². The second kappa shape index (κ2) is 12.1. The number of ether oxygens (including phenoxy) is 2. The number of rotatable bonds is 12. The average Bonchev–Trinajstić information content (AvgIpc) is 3.30. The quantitative estimate of drug-likeness (QED) is 0.279. The number of hydrogen-bond donors (Lipinski definition) is 1. The normalized spacial score (nSPS) is 13.6. The van der Waals surface area contributed by atoms with Gasteiger partial charge in [-0.3, -0.25) is 19.8 Å². The van der Waals surface area contributed by atoms with Crippen molar-refractivity contribution in [2.24, 2.45) is 0 Å². The number of carbonyl (C=O) groups is 1. The van der Waals surface area contributed by atoms with Gasteiger partial charge in [-0.15, -0.1) is 0 Å². The first-order valence-corrected chi connectivity index (χ1v) is 11.6. The number of likely N-dealkylation sites (tertiary alicyclic amines) is 1. The van der Waals surface area contributed by atoms with E-state index in [1.807, 2.05) is 25.1 Å². The zero-order chi connectivity index (χ0) is 24.5. The number of nitro groups is 1. The molecule has 1 fully saturated rings. The Morgan fingerprint density at radius 2 is 1.97 bits per heavy atom. The zero-order valence-electron chi connectivity index (χ0n) is 19.7. The predicted octanol–water partition coefficient (Wildman–Crippen LogP) is 2.92. The van der Waals surface area contributed by atoms with Crippen LogP contribution in [0, 0.1) is 10.1 Å². The van der Waals surface area contributed by atoms with Gasteiger partial charge in [0.1, 0.15) is 6.54 Å². The number of nitrogens with two attached hydrogens (primary N) is 1. The standard InChI is InChI=1S/C23H32N6O5/c1-3-12-34-23-25-21(24)20(29(31)32)22(26-23)28(16-19(30)33-4-2)15-18-9-7-8-17(13-18)14-27-10-5-6-11-27/h7-9,13H,3-6,10-12,14-16H2,1-2H3,(H2,24,25,26). The van der Waals surface area contributed by atoms with Gasteiger partial charge < -0.3 is 20.1 Å². The van der Waals surface area contributed by atoms with Crippen molar-refractivity contribution in [1.82, 2.24) is 14.9 Å². The molecule has 0 amide bonds. The molecule has 0 spiro atoms. The maximum atomic E-state index is 12.4. The summed E-state index contributed by atoms with van der Waals surface area (Å²) < 4.78 is 10.6. The minimum Gasteiger partial charge on any atom is -0.465 e. The Hall–Kier alpha value is -3.47. The van der Waals surface area contributed by atoms with Gasteiger partial charge in [0.05, 0.1) is 18.1 Å². The molecular weight excluding hydrogens is 440 g/mol. The highest BCUT2D eigenvalue weighted by molar-refractivity contribution is 5.78. The number of benzene rings is 1. The first-order chi connectivity index (χ1) is 16.4. The van der Waals surface area contributed by atoms with E-state index in [2.05, 4.69) is 20.9 Å². The summed E-state index contributed by atoms with van der Waals surface area (Å²) in [6.45, 7) is 7.07. The van der Waals surface area contributed by atoms with Crippen molar-refractivity contribution in [3.63, 3.8) is 0 Å². The predicted molar refractivity (Wildman–Crippen MR) is 128 cm³/mol. The lowest BCUT2D eigenvalue weighted by Gasteiger charge is -2.24. The summed E-state index contributed by atoms with van der Waals surface area (Å²) in [5.41, 5.74) is 7.46. The molecule has 1 aromatic heterocycles. The Balaban J connectivity index is 1.95. The lowest BCUT2D eigenvalue weighted by atomic mass is 10.1. The number of anilines is 2. The molecule has 0 saturated carbocycles. The summed E-state index contributed by atoms with van der Waals surface area (Å²) in [6, 6.07) is 7.88. The fraction of sp³-hybridized carbons (Fsp3) is 0.522. The highest BCUT2D eigenvalue weighted by Crippen LogP contribution is 2.33. The number of hydrogen-bond acceptors (Lipinski definition) is 10. The van der Waals surface area contributed by atoms with Crippen LogP contribution in [0.25, 0.3) is 0 Å². The van der Waals surface area contributed by atoms with Gasteiger partial charge in [-0.2, -0.15) is 9.97 Å². The van der Waals surface area contributed by atoms with Crippen molar-refractivity contribution in [3.05, 3.63) is 45.5 Å². The highest BCUT2D eigenvalue weighted by atomic mass is 16.6. The van der Waals surface area contributed by atoms with E-state index < -0.39 is 16.6 Å². The van der Waals surface area contributed by atoms with Crippen molar-refractivity contribution >= 4 is 23.3 Å². The van der Waals surface area contributed by atoms with Crippen LogP contribution in [0.3, 0.4) is 0 Å². The molecule has 2 N–H and O–H groups in total. The van der Waals surface area contributed by atoms with Crippen LogP contribution in [0.4, 0.5) is 17.3 Å². The molecular formula is C23H32N6O5. The molecule has 0 atom stereocenters. The van der Waals surface area contributed by atoms with Crippen LogP contribution in [-0.4, -0.2) is 58.6 Å². The monoisotopic (exact) mass is 472 g/mol. The molecule has 0 bridgehead atoms. The first kappa shape index (κ1) is 25.2. The fourth-order valence-electron chi connectivity index (χ4n) is 3.91. The molecule has 1 aliphatic rings. The van der Waals surface area contributed by atoms with Crippen LogP contribution in [-0.2, 0) is 22.6 Å². The smallest absolute Gasteiger partial charge is 0.353 e. The van der Waals surface area contributed by atoms with E-state index >= 15 is 0 Å². The summed E-state index contributed by atoms with van der Waals surface area (Å²) >= 11 is 0. The van der Waals surface area contributed by atoms with Crippen LogP contribution < -0.4 is 15.4 Å². The number of nitrogen functional groups attached to an aromatic ring is 1. The van der Waals surface area contributed by atoms with E-state index in [1.165, 1.54) is 17.7 Å². The average molecular weight is 473 g/mol. The van der Waals surface area contributed by atoms with Crippen molar-refractivity contribution in [1.29, 1.82) is 0 Å². The zero-order valence-corrected chi connectivity index (χ0v) is 19.7. The molecule has 1 aromatic carbocycles. The molecule has 0 radical (unpaired) electrons. The highest BCUT2D eigenvalue weighted by Gasteiger charge is 2.29. The number of nitrogens with zero attached hydrogens (tertiary/aromatic N) is 5. The van der Waals surface area contributed by atoms with Gasteiger partial charge in [-0.05, 0) is 50.4 Å². The number of esters is 1. The Kier molecular flexibility index (Phi) is 8.97. The summed E-state index contributed by atoms with van der Waals surface area (Å²) in [7, 11) is 0. The summed E-state index contributed by atoms with van der Waals surface area (Å²) in [5.74, 6) is -0.933. The molecule has 2 heterocycles. The van der Waals surface area contributed by atoms with Crippen molar-refractivity contribution in [2.75, 3.05) is 43.5 Å². The Morgan fingerprint density at radius 3 is 2.65 bits per heavy atom. The molecule has 184 valence electrons. The van der Waals surface area contributed by atoms with Crippen LogP contribution in [0.15, 0.2) is 24.3 Å². The second-order valence-electron chi connectivity index (χ2n) is 8.13. The van der Waals surface area contributed by atoms with E-state index in [0.717, 1.165) is 30.8 Å². The molecule has 0 unspecified atom stereocenters. The van der Waals surface area contributed by atoms with Gasteiger partial charge in [-0.25, -0.2) is 0 Å². The molecule has 1 saturated heterocycles. The number of aromatic nitrogens is 2. The molecule has 0 aliphatic carbocycles. The van der Waals surface area contributed by atoms with Crippen LogP contribution >= 0.6 is 0 Å². The van der Waals surface area contributed by atoms with Crippen molar-refractivity contribution in [3.8, 4) is 6.01 Å². The van der Waals surface area contributed by atoms with E-state index in [9.17, 15) is 14.9 Å². The minimum absolute atomic E-state index is 0.0726. The van der Waals surface area contributed by atoms with Gasteiger partial charge >= 0.3 is 17.7 Å². The molecule has 11 heteroatoms. The second-order valence-corrected chi connectivity index (χ2v) is 8.13. The van der Waals surface area contributed by atoms with E-state index in [0.29, 0.717) is 13.0 Å². The third kappa shape index (κ3) is 6.77. The lowest BCUT2D eigenvalue weighted by molar-refractivity contribution is -0.383. The third-order valence-electron chi connectivity index (χ3n) is 5.38. The van der Waals surface area contributed by atoms with Gasteiger partial charge in [-0.1, -0.05) is 31.2 Å².